The molecule has 1 aromatic heterocycles. The zero-order chi connectivity index (χ0) is 14.7. The Balaban J connectivity index is 1.88. The number of hydrogen-bond donors (Lipinski definition) is 1. The van der Waals surface area contributed by atoms with Crippen LogP contribution in [0.4, 0.5) is 17.2 Å². The van der Waals surface area contributed by atoms with Crippen LogP contribution in [0.2, 0.25) is 0 Å². The van der Waals surface area contributed by atoms with Crippen molar-refractivity contribution in [3.05, 3.63) is 48.2 Å². The lowest BCUT2D eigenvalue weighted by Crippen LogP contribution is -2.38. The maximum atomic E-state index is 4.46. The van der Waals surface area contributed by atoms with E-state index in [0.717, 1.165) is 32.0 Å². The summed E-state index contributed by atoms with van der Waals surface area (Å²) in [7, 11) is 2.16. The minimum Gasteiger partial charge on any atom is -0.371 e. The Kier molecular flexibility index (Phi) is 3.95. The highest BCUT2D eigenvalue weighted by atomic mass is 15.2. The summed E-state index contributed by atoms with van der Waals surface area (Å²) in [6, 6.07) is 12.8. The summed E-state index contributed by atoms with van der Waals surface area (Å²) < 4.78 is 0. The van der Waals surface area contributed by atoms with E-state index in [1.807, 2.05) is 12.3 Å². The molecule has 21 heavy (non-hydrogen) atoms. The van der Waals surface area contributed by atoms with Gasteiger partial charge in [-0.15, -0.1) is 0 Å². The van der Waals surface area contributed by atoms with Crippen LogP contribution in [0.5, 0.6) is 0 Å². The van der Waals surface area contributed by atoms with E-state index in [2.05, 4.69) is 64.4 Å². The minimum atomic E-state index is 0.890. The van der Waals surface area contributed by atoms with Crippen molar-refractivity contribution >= 4 is 17.2 Å². The molecule has 0 atom stereocenters. The van der Waals surface area contributed by atoms with E-state index in [4.69, 9.17) is 0 Å². The fourth-order valence-corrected chi connectivity index (χ4v) is 2.83. The normalized spacial score (nSPS) is 14.0. The SMILES string of the molecule is CCNc1ncccc1CN1CCN(C)c2ccccc21. The number of pyridine rings is 1. The summed E-state index contributed by atoms with van der Waals surface area (Å²) in [5.74, 6) is 0.997. The Labute approximate surface area is 126 Å². The summed E-state index contributed by atoms with van der Waals surface area (Å²) in [6.45, 7) is 5.97. The molecule has 0 fully saturated rings. The second-order valence-corrected chi connectivity index (χ2v) is 5.37. The molecule has 0 saturated carbocycles. The Bertz CT molecular complexity index is 611. The number of hydrogen-bond acceptors (Lipinski definition) is 4. The van der Waals surface area contributed by atoms with Crippen LogP contribution < -0.4 is 15.1 Å². The number of anilines is 3. The first-order valence-corrected chi connectivity index (χ1v) is 7.52. The molecule has 4 heteroatoms. The van der Waals surface area contributed by atoms with Gasteiger partial charge in [0.05, 0.1) is 11.4 Å². The molecule has 0 saturated heterocycles. The van der Waals surface area contributed by atoms with Crippen LogP contribution in [-0.2, 0) is 6.54 Å². The fourth-order valence-electron chi connectivity index (χ4n) is 2.83. The Morgan fingerprint density at radius 3 is 2.71 bits per heavy atom. The molecular weight excluding hydrogens is 260 g/mol. The van der Waals surface area contributed by atoms with E-state index >= 15 is 0 Å². The van der Waals surface area contributed by atoms with Crippen molar-refractivity contribution in [2.75, 3.05) is 41.8 Å². The zero-order valence-electron chi connectivity index (χ0n) is 12.7. The van der Waals surface area contributed by atoms with Gasteiger partial charge in [-0.25, -0.2) is 4.98 Å². The summed E-state index contributed by atoms with van der Waals surface area (Å²) in [5.41, 5.74) is 3.86. The van der Waals surface area contributed by atoms with Crippen molar-refractivity contribution in [3.8, 4) is 0 Å². The number of nitrogens with zero attached hydrogens (tertiary/aromatic N) is 3. The van der Waals surface area contributed by atoms with Gasteiger partial charge in [-0.05, 0) is 25.1 Å². The monoisotopic (exact) mass is 282 g/mol. The largest absolute Gasteiger partial charge is 0.371 e. The number of benzene rings is 1. The van der Waals surface area contributed by atoms with Crippen molar-refractivity contribution in [3.63, 3.8) is 0 Å². The van der Waals surface area contributed by atoms with Crippen molar-refractivity contribution in [1.82, 2.24) is 4.98 Å². The van der Waals surface area contributed by atoms with Crippen molar-refractivity contribution in [1.29, 1.82) is 0 Å². The quantitative estimate of drug-likeness (QED) is 0.934. The summed E-state index contributed by atoms with van der Waals surface area (Å²) >= 11 is 0. The lowest BCUT2D eigenvalue weighted by molar-refractivity contribution is 0.734. The van der Waals surface area contributed by atoms with Gasteiger partial charge < -0.3 is 15.1 Å². The highest BCUT2D eigenvalue weighted by Gasteiger charge is 2.20. The van der Waals surface area contributed by atoms with E-state index in [-0.39, 0.29) is 0 Å². The van der Waals surface area contributed by atoms with E-state index < -0.39 is 0 Å². The van der Waals surface area contributed by atoms with Crippen LogP contribution in [0.15, 0.2) is 42.6 Å². The second-order valence-electron chi connectivity index (χ2n) is 5.37. The van der Waals surface area contributed by atoms with Gasteiger partial charge in [-0.1, -0.05) is 18.2 Å². The molecule has 0 bridgehead atoms. The number of para-hydroxylation sites is 2. The van der Waals surface area contributed by atoms with E-state index in [0.29, 0.717) is 0 Å². The third kappa shape index (κ3) is 2.79. The maximum absolute atomic E-state index is 4.46. The standard InChI is InChI=1S/C17H22N4/c1-3-18-17-14(7-6-10-19-17)13-21-12-11-20(2)15-8-4-5-9-16(15)21/h4-10H,3,11-13H2,1-2H3,(H,18,19). The highest BCUT2D eigenvalue weighted by Crippen LogP contribution is 2.33. The molecule has 4 nitrogen and oxygen atoms in total. The number of nitrogens with one attached hydrogen (secondary N) is 1. The topological polar surface area (TPSA) is 31.4 Å². The molecule has 0 unspecified atom stereocenters. The van der Waals surface area contributed by atoms with E-state index in [1.54, 1.807) is 0 Å². The van der Waals surface area contributed by atoms with Gasteiger partial charge in [0, 0.05) is 45.0 Å². The van der Waals surface area contributed by atoms with Crippen molar-refractivity contribution in [2.24, 2.45) is 0 Å². The molecule has 2 aromatic rings. The summed E-state index contributed by atoms with van der Waals surface area (Å²) in [4.78, 5) is 9.21. The minimum absolute atomic E-state index is 0.890. The van der Waals surface area contributed by atoms with Gasteiger partial charge in [-0.3, -0.25) is 0 Å². The van der Waals surface area contributed by atoms with Crippen LogP contribution in [0.3, 0.4) is 0 Å². The first-order valence-electron chi connectivity index (χ1n) is 7.52. The fraction of sp³-hybridized carbons (Fsp3) is 0.353. The van der Waals surface area contributed by atoms with E-state index in [1.165, 1.54) is 16.9 Å². The van der Waals surface area contributed by atoms with Gasteiger partial charge in [0.2, 0.25) is 0 Å². The molecule has 1 aromatic carbocycles. The second kappa shape index (κ2) is 6.04. The molecule has 2 heterocycles. The molecule has 3 rings (SSSR count). The Morgan fingerprint density at radius 2 is 1.90 bits per heavy atom. The maximum Gasteiger partial charge on any atom is 0.130 e. The smallest absolute Gasteiger partial charge is 0.130 e. The third-order valence-corrected chi connectivity index (χ3v) is 3.94. The lowest BCUT2D eigenvalue weighted by atomic mass is 10.1. The highest BCUT2D eigenvalue weighted by molar-refractivity contribution is 5.73. The van der Waals surface area contributed by atoms with Gasteiger partial charge >= 0.3 is 0 Å². The predicted octanol–water partition coefficient (Wildman–Crippen LogP) is 2.97. The van der Waals surface area contributed by atoms with Crippen LogP contribution in [0.1, 0.15) is 12.5 Å². The number of fused-ring (bicyclic) bond motifs is 1. The molecule has 1 N–H and O–H groups in total. The van der Waals surface area contributed by atoms with Gasteiger partial charge in [0.1, 0.15) is 5.82 Å². The Hall–Kier alpha value is -2.23. The molecule has 0 spiro atoms. The van der Waals surface area contributed by atoms with E-state index in [9.17, 15) is 0 Å². The number of rotatable bonds is 4. The average Bonchev–Trinajstić information content (AvgIpc) is 2.52. The van der Waals surface area contributed by atoms with Crippen LogP contribution in [0, 0.1) is 0 Å². The first kappa shape index (κ1) is 13.7. The van der Waals surface area contributed by atoms with Crippen LogP contribution in [-0.4, -0.2) is 31.7 Å². The lowest BCUT2D eigenvalue weighted by Gasteiger charge is -2.37. The van der Waals surface area contributed by atoms with Crippen LogP contribution >= 0.6 is 0 Å². The third-order valence-electron chi connectivity index (χ3n) is 3.94. The van der Waals surface area contributed by atoms with Crippen LogP contribution in [0.25, 0.3) is 0 Å². The summed E-state index contributed by atoms with van der Waals surface area (Å²) in [5, 5.41) is 3.35. The Morgan fingerprint density at radius 1 is 1.10 bits per heavy atom. The number of aromatic nitrogens is 1. The molecule has 1 aliphatic rings. The molecule has 0 aliphatic carbocycles. The summed E-state index contributed by atoms with van der Waals surface area (Å²) in [6.07, 6.45) is 1.85. The molecule has 110 valence electrons. The van der Waals surface area contributed by atoms with Crippen molar-refractivity contribution in [2.45, 2.75) is 13.5 Å². The van der Waals surface area contributed by atoms with Gasteiger partial charge in [-0.2, -0.15) is 0 Å². The first-order chi connectivity index (χ1) is 10.3. The average molecular weight is 282 g/mol. The molecular formula is C17H22N4. The molecule has 1 aliphatic heterocycles. The molecule has 0 radical (unpaired) electrons. The number of likely N-dealkylation sites (N-methyl/N-ethyl adjacent to an activating group) is 1. The zero-order valence-corrected chi connectivity index (χ0v) is 12.7. The van der Waals surface area contributed by atoms with Gasteiger partial charge in [0.15, 0.2) is 0 Å². The predicted molar refractivity (Wildman–Crippen MR) is 89.2 cm³/mol. The van der Waals surface area contributed by atoms with Crippen molar-refractivity contribution < 1.29 is 0 Å². The molecule has 0 amide bonds. The van der Waals surface area contributed by atoms with Gasteiger partial charge in [0.25, 0.3) is 0 Å².